The molecule has 1 rings (SSSR count). The molecule has 1 aromatic heterocycles. The molecule has 72 valence electrons. The van der Waals surface area contributed by atoms with Crippen LogP contribution >= 0.6 is 0 Å². The van der Waals surface area contributed by atoms with Crippen molar-refractivity contribution in [3.8, 4) is 11.5 Å². The maximum absolute atomic E-state index is 9.18. The Kier molecular flexibility index (Phi) is 5.96. The number of hydrogen-bond donors (Lipinski definition) is 2. The van der Waals surface area contributed by atoms with Gasteiger partial charge in [0.15, 0.2) is 11.5 Å². The lowest BCUT2D eigenvalue weighted by Gasteiger charge is -1.90. The molecule has 1 aromatic rings. The van der Waals surface area contributed by atoms with Crippen molar-refractivity contribution in [2.24, 2.45) is 0 Å². The molecule has 0 aromatic carbocycles. The number of pyridine rings is 1. The van der Waals surface area contributed by atoms with Crippen LogP contribution in [0.2, 0.25) is 0 Å². The van der Waals surface area contributed by atoms with Crippen molar-refractivity contribution in [3.63, 3.8) is 0 Å². The van der Waals surface area contributed by atoms with Gasteiger partial charge in [0.2, 0.25) is 0 Å². The van der Waals surface area contributed by atoms with Gasteiger partial charge in [-0.1, -0.05) is 0 Å². The third kappa shape index (κ3) is 5.49. The molecule has 5 heteroatoms. The summed E-state index contributed by atoms with van der Waals surface area (Å²) in [6.45, 7) is 2.66. The average Bonchev–Trinajstić information content (AvgIpc) is 2.13. The molecule has 0 saturated heterocycles. The molecule has 0 spiro atoms. The van der Waals surface area contributed by atoms with Gasteiger partial charge in [-0.25, -0.2) is 0 Å². The first-order chi connectivity index (χ1) is 6.22. The van der Waals surface area contributed by atoms with Gasteiger partial charge in [-0.15, -0.1) is 0 Å². The minimum absolute atomic E-state index is 0.139. The van der Waals surface area contributed by atoms with Gasteiger partial charge in [-0.3, -0.25) is 9.78 Å². The smallest absolute Gasteiger partial charge is 0.293 e. The van der Waals surface area contributed by atoms with Crippen molar-refractivity contribution < 1.29 is 19.7 Å². The molecule has 0 saturated carbocycles. The van der Waals surface area contributed by atoms with Crippen LogP contribution in [0.15, 0.2) is 18.5 Å². The van der Waals surface area contributed by atoms with Gasteiger partial charge in [0.05, 0.1) is 12.8 Å². The highest BCUT2D eigenvalue weighted by Gasteiger charge is 1.91. The number of carbonyl (C=O) groups is 1. The zero-order valence-electron chi connectivity index (χ0n) is 7.17. The van der Waals surface area contributed by atoms with Crippen molar-refractivity contribution in [2.75, 3.05) is 6.61 Å². The third-order valence-corrected chi connectivity index (χ3v) is 1.01. The van der Waals surface area contributed by atoms with Crippen LogP contribution in [0.1, 0.15) is 6.92 Å². The SMILES string of the molecule is CCOC=O.Oc1ccncc1O. The molecule has 0 atom stereocenters. The average molecular weight is 185 g/mol. The zero-order chi connectivity index (χ0) is 10.1. The van der Waals surface area contributed by atoms with Crippen molar-refractivity contribution in [1.82, 2.24) is 4.98 Å². The molecule has 5 nitrogen and oxygen atoms in total. The van der Waals surface area contributed by atoms with Crippen LogP contribution in [0, 0.1) is 0 Å². The Morgan fingerprint density at radius 2 is 2.23 bits per heavy atom. The first kappa shape index (κ1) is 11.2. The first-order valence-corrected chi connectivity index (χ1v) is 3.59. The summed E-state index contributed by atoms with van der Waals surface area (Å²) in [5, 5.41) is 17.2. The maximum atomic E-state index is 9.18. The third-order valence-electron chi connectivity index (χ3n) is 1.01. The molecule has 0 amide bonds. The summed E-state index contributed by atoms with van der Waals surface area (Å²) in [4.78, 5) is 12.7. The van der Waals surface area contributed by atoms with E-state index in [2.05, 4.69) is 9.72 Å². The topological polar surface area (TPSA) is 79.7 Å². The number of rotatable bonds is 2. The molecule has 0 aliphatic rings. The molecular formula is C8H11NO4. The Balaban J connectivity index is 0.000000252. The molecule has 0 aliphatic carbocycles. The number of nitrogens with zero attached hydrogens (tertiary/aromatic N) is 1. The molecule has 0 aliphatic heterocycles. The Bertz CT molecular complexity index is 231. The standard InChI is InChI=1S/C5H5NO2.C3H6O2/c7-4-1-2-6-3-5(4)8;1-2-5-3-4/h1-3,8H,(H,6,7);3H,2H2,1H3. The fourth-order valence-electron chi connectivity index (χ4n) is 0.447. The highest BCUT2D eigenvalue weighted by molar-refractivity contribution is 5.36. The van der Waals surface area contributed by atoms with E-state index in [9.17, 15) is 4.79 Å². The van der Waals surface area contributed by atoms with Crippen LogP contribution in [-0.2, 0) is 9.53 Å². The highest BCUT2D eigenvalue weighted by Crippen LogP contribution is 2.19. The minimum atomic E-state index is -0.187. The van der Waals surface area contributed by atoms with Crippen LogP contribution in [0.25, 0.3) is 0 Å². The number of aromatic hydroxyl groups is 2. The largest absolute Gasteiger partial charge is 0.504 e. The summed E-state index contributed by atoms with van der Waals surface area (Å²) in [5.74, 6) is -0.326. The van der Waals surface area contributed by atoms with E-state index < -0.39 is 0 Å². The van der Waals surface area contributed by atoms with Crippen molar-refractivity contribution in [2.45, 2.75) is 6.92 Å². The number of hydrogen-bond acceptors (Lipinski definition) is 5. The van der Waals surface area contributed by atoms with Gasteiger partial charge in [-0.05, 0) is 6.92 Å². The first-order valence-electron chi connectivity index (χ1n) is 3.59. The molecule has 0 radical (unpaired) electrons. The summed E-state index contributed by atoms with van der Waals surface area (Å²) < 4.78 is 4.15. The minimum Gasteiger partial charge on any atom is -0.504 e. The Labute approximate surface area is 75.6 Å². The van der Waals surface area contributed by atoms with Gasteiger partial charge >= 0.3 is 0 Å². The molecule has 13 heavy (non-hydrogen) atoms. The van der Waals surface area contributed by atoms with E-state index in [0.717, 1.165) is 0 Å². The summed E-state index contributed by atoms with van der Waals surface area (Å²) in [7, 11) is 0. The van der Waals surface area contributed by atoms with E-state index in [1.54, 1.807) is 6.92 Å². The summed E-state index contributed by atoms with van der Waals surface area (Å²) in [6.07, 6.45) is 2.57. The molecule has 0 fully saturated rings. The van der Waals surface area contributed by atoms with E-state index in [-0.39, 0.29) is 11.5 Å². The van der Waals surface area contributed by atoms with E-state index in [4.69, 9.17) is 10.2 Å². The summed E-state index contributed by atoms with van der Waals surface area (Å²) >= 11 is 0. The summed E-state index contributed by atoms with van der Waals surface area (Å²) in [5.41, 5.74) is 0. The zero-order valence-corrected chi connectivity index (χ0v) is 7.17. The van der Waals surface area contributed by atoms with Crippen molar-refractivity contribution >= 4 is 6.47 Å². The molecule has 0 unspecified atom stereocenters. The lowest BCUT2D eigenvalue weighted by molar-refractivity contribution is -0.128. The van der Waals surface area contributed by atoms with E-state index >= 15 is 0 Å². The number of ether oxygens (including phenoxy) is 1. The highest BCUT2D eigenvalue weighted by atomic mass is 16.5. The van der Waals surface area contributed by atoms with E-state index in [1.165, 1.54) is 18.5 Å². The normalized spacial score (nSPS) is 8.08. The maximum Gasteiger partial charge on any atom is 0.293 e. The van der Waals surface area contributed by atoms with Crippen LogP contribution < -0.4 is 0 Å². The molecule has 0 bridgehead atoms. The van der Waals surface area contributed by atoms with Gasteiger partial charge in [0, 0.05) is 12.3 Å². The second-order valence-corrected chi connectivity index (χ2v) is 1.92. The Morgan fingerprint density at radius 3 is 2.46 bits per heavy atom. The van der Waals surface area contributed by atoms with E-state index in [0.29, 0.717) is 13.1 Å². The summed E-state index contributed by atoms with van der Waals surface area (Å²) in [6, 6.07) is 1.31. The van der Waals surface area contributed by atoms with Gasteiger partial charge in [0.1, 0.15) is 0 Å². The predicted octanol–water partition coefficient (Wildman–Crippen LogP) is 0.672. The van der Waals surface area contributed by atoms with Crippen LogP contribution in [0.5, 0.6) is 11.5 Å². The monoisotopic (exact) mass is 185 g/mol. The van der Waals surface area contributed by atoms with Gasteiger partial charge < -0.3 is 14.9 Å². The van der Waals surface area contributed by atoms with E-state index in [1.807, 2.05) is 0 Å². The molecular weight excluding hydrogens is 174 g/mol. The fourth-order valence-corrected chi connectivity index (χ4v) is 0.447. The van der Waals surface area contributed by atoms with Crippen molar-refractivity contribution in [3.05, 3.63) is 18.5 Å². The van der Waals surface area contributed by atoms with Crippen LogP contribution in [-0.4, -0.2) is 28.3 Å². The second kappa shape index (κ2) is 6.90. The number of aromatic nitrogens is 1. The Morgan fingerprint density at radius 1 is 1.54 bits per heavy atom. The quantitative estimate of drug-likeness (QED) is 0.662. The molecule has 1 heterocycles. The van der Waals surface area contributed by atoms with Crippen LogP contribution in [0.4, 0.5) is 0 Å². The van der Waals surface area contributed by atoms with Gasteiger partial charge in [0.25, 0.3) is 6.47 Å². The fraction of sp³-hybridized carbons (Fsp3) is 0.250. The Hall–Kier alpha value is -1.78. The number of carbonyl (C=O) groups excluding carboxylic acids is 1. The van der Waals surface area contributed by atoms with Gasteiger partial charge in [-0.2, -0.15) is 0 Å². The second-order valence-electron chi connectivity index (χ2n) is 1.92. The van der Waals surface area contributed by atoms with Crippen LogP contribution in [0.3, 0.4) is 0 Å². The predicted molar refractivity (Wildman–Crippen MR) is 45.3 cm³/mol. The lowest BCUT2D eigenvalue weighted by Crippen LogP contribution is -1.80. The lowest BCUT2D eigenvalue weighted by atomic mass is 10.4. The van der Waals surface area contributed by atoms with Crippen molar-refractivity contribution in [1.29, 1.82) is 0 Å². The molecule has 2 N–H and O–H groups in total.